The van der Waals surface area contributed by atoms with Gasteiger partial charge >= 0.3 is 0 Å². The number of aromatic nitrogens is 3. The molecule has 0 N–H and O–H groups in total. The molecule has 0 spiro atoms. The maximum absolute atomic E-state index is 5.82. The molecule has 0 aliphatic rings. The molecule has 0 saturated heterocycles. The fraction of sp³-hybridized carbons (Fsp3) is 0.111. The van der Waals surface area contributed by atoms with Crippen molar-refractivity contribution in [1.82, 2.24) is 14.8 Å². The van der Waals surface area contributed by atoms with Gasteiger partial charge in [0.15, 0.2) is 5.58 Å². The number of nitrogens with zero attached hydrogens (tertiary/aromatic N) is 3. The molecule has 0 amide bonds. The number of rotatable bonds is 4. The van der Waals surface area contributed by atoms with E-state index in [4.69, 9.17) is 9.15 Å². The number of para-hydroxylation sites is 2. The zero-order valence-corrected chi connectivity index (χ0v) is 12.6. The number of fused-ring (bicyclic) bond motifs is 1. The molecule has 4 aromatic rings. The molecule has 5 nitrogen and oxygen atoms in total. The summed E-state index contributed by atoms with van der Waals surface area (Å²) in [6, 6.07) is 15.6. The fourth-order valence-corrected chi connectivity index (χ4v) is 2.57. The van der Waals surface area contributed by atoms with E-state index in [1.165, 1.54) is 0 Å². The molecule has 23 heavy (non-hydrogen) atoms. The van der Waals surface area contributed by atoms with Crippen LogP contribution in [0, 0.1) is 0 Å². The third-order valence-corrected chi connectivity index (χ3v) is 3.72. The summed E-state index contributed by atoms with van der Waals surface area (Å²) in [5.41, 5.74) is 3.57. The van der Waals surface area contributed by atoms with Gasteiger partial charge in [0.1, 0.15) is 11.3 Å². The molecule has 0 aliphatic carbocycles. The lowest BCUT2D eigenvalue weighted by molar-refractivity contribution is 0.407. The van der Waals surface area contributed by atoms with Crippen LogP contribution in [0.4, 0.5) is 0 Å². The fourth-order valence-electron chi connectivity index (χ4n) is 2.57. The van der Waals surface area contributed by atoms with E-state index in [1.807, 2.05) is 59.4 Å². The van der Waals surface area contributed by atoms with Crippen LogP contribution >= 0.6 is 0 Å². The Labute approximate surface area is 133 Å². The van der Waals surface area contributed by atoms with Gasteiger partial charge < -0.3 is 9.15 Å². The Bertz CT molecular complexity index is 909. The smallest absolute Gasteiger partial charge is 0.227 e. The molecule has 2 aromatic carbocycles. The number of oxazole rings is 1. The summed E-state index contributed by atoms with van der Waals surface area (Å²) < 4.78 is 13.2. The topological polar surface area (TPSA) is 53.1 Å². The first kappa shape index (κ1) is 13.6. The average molecular weight is 305 g/mol. The highest BCUT2D eigenvalue weighted by Crippen LogP contribution is 2.29. The van der Waals surface area contributed by atoms with E-state index in [2.05, 4.69) is 10.1 Å². The Hall–Kier alpha value is -3.08. The zero-order chi connectivity index (χ0) is 15.6. The Balaban J connectivity index is 1.72. The van der Waals surface area contributed by atoms with Gasteiger partial charge in [0.05, 0.1) is 13.7 Å². The van der Waals surface area contributed by atoms with Gasteiger partial charge in [-0.3, -0.25) is 4.68 Å². The summed E-state index contributed by atoms with van der Waals surface area (Å²) in [5.74, 6) is 1.38. The summed E-state index contributed by atoms with van der Waals surface area (Å²) in [6.07, 6.45) is 3.69. The molecule has 2 heterocycles. The van der Waals surface area contributed by atoms with Crippen molar-refractivity contribution in [1.29, 1.82) is 0 Å². The van der Waals surface area contributed by atoms with Crippen molar-refractivity contribution in [2.75, 3.05) is 7.11 Å². The largest absolute Gasteiger partial charge is 0.496 e. The summed E-state index contributed by atoms with van der Waals surface area (Å²) in [5, 5.41) is 4.23. The predicted octanol–water partition coefficient (Wildman–Crippen LogP) is 3.75. The second-order valence-corrected chi connectivity index (χ2v) is 5.22. The number of methoxy groups -OCH3 is 1. The van der Waals surface area contributed by atoms with Crippen LogP contribution in [0.5, 0.6) is 5.75 Å². The second kappa shape index (κ2) is 5.61. The Morgan fingerprint density at radius 2 is 2.04 bits per heavy atom. The number of hydrogen-bond acceptors (Lipinski definition) is 4. The molecule has 0 fully saturated rings. The van der Waals surface area contributed by atoms with E-state index in [9.17, 15) is 0 Å². The molecule has 0 saturated carbocycles. The third-order valence-electron chi connectivity index (χ3n) is 3.72. The van der Waals surface area contributed by atoms with Crippen LogP contribution in [-0.2, 0) is 6.54 Å². The van der Waals surface area contributed by atoms with E-state index in [0.29, 0.717) is 12.4 Å². The second-order valence-electron chi connectivity index (χ2n) is 5.22. The molecule has 0 bridgehead atoms. The van der Waals surface area contributed by atoms with Crippen molar-refractivity contribution in [2.45, 2.75) is 6.54 Å². The molecule has 4 rings (SSSR count). The molecule has 5 heteroatoms. The first-order valence-corrected chi connectivity index (χ1v) is 7.34. The lowest BCUT2D eigenvalue weighted by Crippen LogP contribution is -2.02. The van der Waals surface area contributed by atoms with E-state index < -0.39 is 0 Å². The van der Waals surface area contributed by atoms with E-state index >= 15 is 0 Å². The summed E-state index contributed by atoms with van der Waals surface area (Å²) in [6.45, 7) is 0.657. The third kappa shape index (κ3) is 2.57. The van der Waals surface area contributed by atoms with E-state index in [0.717, 1.165) is 28.0 Å². The molecule has 0 unspecified atom stereocenters. The molecule has 2 aromatic heterocycles. The Kier molecular flexibility index (Phi) is 3.31. The van der Waals surface area contributed by atoms with Crippen molar-refractivity contribution in [2.24, 2.45) is 0 Å². The minimum absolute atomic E-state index is 0.593. The number of benzene rings is 2. The molecule has 0 aliphatic heterocycles. The van der Waals surface area contributed by atoms with Gasteiger partial charge in [-0.15, -0.1) is 0 Å². The number of ether oxygens (including phenoxy) is 1. The minimum Gasteiger partial charge on any atom is -0.496 e. The molecular weight excluding hydrogens is 290 g/mol. The van der Waals surface area contributed by atoms with Crippen molar-refractivity contribution < 1.29 is 9.15 Å². The van der Waals surface area contributed by atoms with Gasteiger partial charge in [0.25, 0.3) is 0 Å². The van der Waals surface area contributed by atoms with Crippen molar-refractivity contribution in [3.8, 4) is 17.2 Å². The Morgan fingerprint density at radius 1 is 1.13 bits per heavy atom. The van der Waals surface area contributed by atoms with Gasteiger partial charge in [0.2, 0.25) is 5.89 Å². The van der Waals surface area contributed by atoms with Crippen LogP contribution < -0.4 is 4.74 Å². The summed E-state index contributed by atoms with van der Waals surface area (Å²) in [7, 11) is 1.66. The van der Waals surface area contributed by atoms with E-state index in [-0.39, 0.29) is 0 Å². The van der Waals surface area contributed by atoms with Crippen LogP contribution in [0.2, 0.25) is 0 Å². The van der Waals surface area contributed by atoms with Crippen molar-refractivity contribution in [3.05, 3.63) is 66.5 Å². The quantitative estimate of drug-likeness (QED) is 0.576. The van der Waals surface area contributed by atoms with Gasteiger partial charge in [-0.25, -0.2) is 4.98 Å². The van der Waals surface area contributed by atoms with Crippen LogP contribution in [0.1, 0.15) is 5.56 Å². The lowest BCUT2D eigenvalue weighted by Gasteiger charge is -2.09. The van der Waals surface area contributed by atoms with Crippen LogP contribution in [0.25, 0.3) is 22.6 Å². The molecule has 0 radical (unpaired) electrons. The van der Waals surface area contributed by atoms with Crippen LogP contribution in [0.3, 0.4) is 0 Å². The highest BCUT2D eigenvalue weighted by Gasteiger charge is 2.11. The van der Waals surface area contributed by atoms with E-state index in [1.54, 1.807) is 13.3 Å². The van der Waals surface area contributed by atoms with Gasteiger partial charge in [-0.1, -0.05) is 18.2 Å². The summed E-state index contributed by atoms with van der Waals surface area (Å²) >= 11 is 0. The first-order chi connectivity index (χ1) is 11.3. The molecular formula is C18H15N3O2. The lowest BCUT2D eigenvalue weighted by atomic mass is 10.1. The molecule has 0 atom stereocenters. The van der Waals surface area contributed by atoms with Crippen LogP contribution in [-0.4, -0.2) is 21.9 Å². The SMILES string of the molecule is COc1cc(-c2nc3ccccc3o2)ccc1Cn1cccn1. The highest BCUT2D eigenvalue weighted by molar-refractivity contribution is 5.76. The summed E-state index contributed by atoms with van der Waals surface area (Å²) in [4.78, 5) is 4.52. The zero-order valence-electron chi connectivity index (χ0n) is 12.6. The monoisotopic (exact) mass is 305 g/mol. The maximum atomic E-state index is 5.82. The van der Waals surface area contributed by atoms with Crippen molar-refractivity contribution >= 4 is 11.1 Å². The van der Waals surface area contributed by atoms with Crippen LogP contribution in [0.15, 0.2) is 65.3 Å². The van der Waals surface area contributed by atoms with Gasteiger partial charge in [-0.2, -0.15) is 5.10 Å². The predicted molar refractivity (Wildman–Crippen MR) is 87.3 cm³/mol. The normalized spacial score (nSPS) is 11.0. The Morgan fingerprint density at radius 3 is 2.83 bits per heavy atom. The minimum atomic E-state index is 0.593. The average Bonchev–Trinajstić information content (AvgIpc) is 3.24. The highest BCUT2D eigenvalue weighted by atomic mass is 16.5. The maximum Gasteiger partial charge on any atom is 0.227 e. The van der Waals surface area contributed by atoms with Crippen molar-refractivity contribution in [3.63, 3.8) is 0 Å². The first-order valence-electron chi connectivity index (χ1n) is 7.34. The number of hydrogen-bond donors (Lipinski definition) is 0. The van der Waals surface area contributed by atoms with Gasteiger partial charge in [0, 0.05) is 23.5 Å². The standard InChI is InChI=1S/C18H15N3O2/c1-22-17-11-13(7-8-14(17)12-21-10-4-9-19-21)18-20-15-5-2-3-6-16(15)23-18/h2-11H,12H2,1H3. The van der Waals surface area contributed by atoms with Gasteiger partial charge in [-0.05, 0) is 30.3 Å². The molecule has 114 valence electrons.